The third kappa shape index (κ3) is 2.37. The highest BCUT2D eigenvalue weighted by Crippen LogP contribution is 2.28. The van der Waals surface area contributed by atoms with E-state index in [1.165, 1.54) is 17.4 Å². The number of aliphatic hydroxyl groups is 1. The zero-order chi connectivity index (χ0) is 12.4. The van der Waals surface area contributed by atoms with Crippen molar-refractivity contribution < 1.29 is 9.84 Å². The Kier molecular flexibility index (Phi) is 3.26. The van der Waals surface area contributed by atoms with Gasteiger partial charge in [0, 0.05) is 0 Å². The monoisotopic (exact) mass is 251 g/mol. The van der Waals surface area contributed by atoms with E-state index in [2.05, 4.69) is 9.97 Å². The fourth-order valence-corrected chi connectivity index (χ4v) is 2.27. The summed E-state index contributed by atoms with van der Waals surface area (Å²) in [5.74, 6) is 1.09. The Bertz CT molecular complexity index is 561. The fourth-order valence-electron chi connectivity index (χ4n) is 1.48. The van der Waals surface area contributed by atoms with Crippen LogP contribution in [-0.4, -0.2) is 22.2 Å². The summed E-state index contributed by atoms with van der Waals surface area (Å²) in [7, 11) is 1.56. The summed E-state index contributed by atoms with van der Waals surface area (Å²) < 4.78 is 6.10. The van der Waals surface area contributed by atoms with Crippen LogP contribution in [0.1, 0.15) is 18.8 Å². The standard InChI is InChI=1S/C11H13N3O2S/c1-6(15)5-7(12)10-13-8-3-4-17-9(8)11(14-10)16-2/h3-5,7,15H,12H2,1-2H3/b6-5-. The third-order valence-corrected chi connectivity index (χ3v) is 3.09. The van der Waals surface area contributed by atoms with Crippen molar-refractivity contribution in [2.75, 3.05) is 7.11 Å². The van der Waals surface area contributed by atoms with Crippen LogP contribution in [0.2, 0.25) is 0 Å². The summed E-state index contributed by atoms with van der Waals surface area (Å²) in [6.45, 7) is 1.56. The highest BCUT2D eigenvalue weighted by Gasteiger charge is 2.13. The van der Waals surface area contributed by atoms with Gasteiger partial charge in [-0.05, 0) is 24.4 Å². The van der Waals surface area contributed by atoms with Crippen LogP contribution in [0.15, 0.2) is 23.3 Å². The lowest BCUT2D eigenvalue weighted by Crippen LogP contribution is -2.12. The second-order valence-electron chi connectivity index (χ2n) is 3.56. The highest BCUT2D eigenvalue weighted by molar-refractivity contribution is 7.17. The minimum absolute atomic E-state index is 0.144. The molecule has 0 bridgehead atoms. The van der Waals surface area contributed by atoms with E-state index >= 15 is 0 Å². The lowest BCUT2D eigenvalue weighted by molar-refractivity contribution is 0.398. The number of methoxy groups -OCH3 is 1. The first-order chi connectivity index (χ1) is 8.11. The van der Waals surface area contributed by atoms with Gasteiger partial charge in [0.1, 0.15) is 4.70 Å². The number of thiophene rings is 1. The minimum atomic E-state index is -0.543. The third-order valence-electron chi connectivity index (χ3n) is 2.20. The number of fused-ring (bicyclic) bond motifs is 1. The van der Waals surface area contributed by atoms with E-state index in [4.69, 9.17) is 10.5 Å². The molecular formula is C11H13N3O2S. The van der Waals surface area contributed by atoms with Crippen LogP contribution < -0.4 is 10.5 Å². The van der Waals surface area contributed by atoms with E-state index < -0.39 is 6.04 Å². The molecule has 0 aromatic carbocycles. The van der Waals surface area contributed by atoms with Gasteiger partial charge in [-0.2, -0.15) is 4.98 Å². The molecule has 0 aliphatic carbocycles. The van der Waals surface area contributed by atoms with E-state index in [1.807, 2.05) is 11.4 Å². The summed E-state index contributed by atoms with van der Waals surface area (Å²) in [6.07, 6.45) is 1.49. The van der Waals surface area contributed by atoms with Crippen LogP contribution in [0.5, 0.6) is 5.88 Å². The Balaban J connectivity index is 2.51. The molecule has 3 N–H and O–H groups in total. The minimum Gasteiger partial charge on any atom is -0.513 e. The van der Waals surface area contributed by atoms with Gasteiger partial charge in [-0.1, -0.05) is 0 Å². The van der Waals surface area contributed by atoms with Gasteiger partial charge >= 0.3 is 0 Å². The number of hydrogen-bond acceptors (Lipinski definition) is 6. The molecule has 1 unspecified atom stereocenters. The summed E-state index contributed by atoms with van der Waals surface area (Å²) in [6, 6.07) is 1.34. The fraction of sp³-hybridized carbons (Fsp3) is 0.273. The van der Waals surface area contributed by atoms with Crippen LogP contribution >= 0.6 is 11.3 Å². The molecule has 17 heavy (non-hydrogen) atoms. The normalized spacial score (nSPS) is 13.9. The van der Waals surface area contributed by atoms with Crippen molar-refractivity contribution in [2.45, 2.75) is 13.0 Å². The zero-order valence-electron chi connectivity index (χ0n) is 9.54. The van der Waals surface area contributed by atoms with E-state index in [-0.39, 0.29) is 5.76 Å². The number of aliphatic hydroxyl groups excluding tert-OH is 1. The molecule has 0 aliphatic heterocycles. The molecular weight excluding hydrogens is 238 g/mol. The Hall–Kier alpha value is -1.66. The van der Waals surface area contributed by atoms with Gasteiger partial charge in [0.15, 0.2) is 5.82 Å². The summed E-state index contributed by atoms with van der Waals surface area (Å²) in [5, 5.41) is 11.1. The first-order valence-corrected chi connectivity index (χ1v) is 5.92. The summed E-state index contributed by atoms with van der Waals surface area (Å²) >= 11 is 1.52. The van der Waals surface area contributed by atoms with Crippen LogP contribution in [0.3, 0.4) is 0 Å². The Morgan fingerprint density at radius 2 is 2.35 bits per heavy atom. The predicted molar refractivity (Wildman–Crippen MR) is 67.3 cm³/mol. The highest BCUT2D eigenvalue weighted by atomic mass is 32.1. The van der Waals surface area contributed by atoms with Gasteiger partial charge in [-0.25, -0.2) is 4.98 Å². The first-order valence-electron chi connectivity index (χ1n) is 5.04. The first kappa shape index (κ1) is 11.8. The molecule has 0 radical (unpaired) electrons. The van der Waals surface area contributed by atoms with E-state index in [1.54, 1.807) is 14.0 Å². The van der Waals surface area contributed by atoms with Crippen molar-refractivity contribution in [3.05, 3.63) is 29.1 Å². The average molecular weight is 251 g/mol. The van der Waals surface area contributed by atoms with Gasteiger partial charge in [0.05, 0.1) is 24.4 Å². The van der Waals surface area contributed by atoms with Gasteiger partial charge in [0.2, 0.25) is 5.88 Å². The maximum Gasteiger partial charge on any atom is 0.234 e. The molecule has 5 nitrogen and oxygen atoms in total. The molecule has 2 aromatic heterocycles. The van der Waals surface area contributed by atoms with Crippen molar-refractivity contribution >= 4 is 21.6 Å². The largest absolute Gasteiger partial charge is 0.513 e. The lowest BCUT2D eigenvalue weighted by Gasteiger charge is -2.08. The zero-order valence-corrected chi connectivity index (χ0v) is 10.4. The quantitative estimate of drug-likeness (QED) is 0.817. The van der Waals surface area contributed by atoms with Crippen molar-refractivity contribution in [3.63, 3.8) is 0 Å². The van der Waals surface area contributed by atoms with Crippen molar-refractivity contribution in [2.24, 2.45) is 5.73 Å². The molecule has 0 fully saturated rings. The number of nitrogens with zero attached hydrogens (tertiary/aromatic N) is 2. The van der Waals surface area contributed by atoms with Crippen molar-refractivity contribution in [3.8, 4) is 5.88 Å². The average Bonchev–Trinajstić information content (AvgIpc) is 2.74. The predicted octanol–water partition coefficient (Wildman–Crippen LogP) is 2.16. The number of allylic oxidation sites excluding steroid dienone is 1. The Morgan fingerprint density at radius 1 is 1.59 bits per heavy atom. The van der Waals surface area contributed by atoms with Crippen molar-refractivity contribution in [1.82, 2.24) is 9.97 Å². The van der Waals surface area contributed by atoms with Gasteiger partial charge in [-0.15, -0.1) is 11.3 Å². The maximum absolute atomic E-state index is 9.18. The van der Waals surface area contributed by atoms with E-state index in [9.17, 15) is 5.11 Å². The maximum atomic E-state index is 9.18. The number of rotatable bonds is 3. The molecule has 0 saturated heterocycles. The van der Waals surface area contributed by atoms with Crippen LogP contribution in [-0.2, 0) is 0 Å². The second-order valence-corrected chi connectivity index (χ2v) is 4.48. The number of aromatic nitrogens is 2. The lowest BCUT2D eigenvalue weighted by atomic mass is 10.2. The summed E-state index contributed by atoms with van der Waals surface area (Å²) in [4.78, 5) is 8.58. The van der Waals surface area contributed by atoms with Crippen LogP contribution in [0.4, 0.5) is 0 Å². The summed E-state index contributed by atoms with van der Waals surface area (Å²) in [5.41, 5.74) is 6.67. The molecule has 0 saturated carbocycles. The van der Waals surface area contributed by atoms with Gasteiger partial charge in [0.25, 0.3) is 0 Å². The number of hydrogen-bond donors (Lipinski definition) is 2. The molecule has 0 aliphatic rings. The molecule has 2 aromatic rings. The second kappa shape index (κ2) is 4.68. The van der Waals surface area contributed by atoms with E-state index in [0.717, 1.165) is 10.2 Å². The molecule has 2 rings (SSSR count). The molecule has 2 heterocycles. The molecule has 1 atom stereocenters. The van der Waals surface area contributed by atoms with Crippen LogP contribution in [0.25, 0.3) is 10.2 Å². The molecule has 0 spiro atoms. The SMILES string of the molecule is COc1nc(C(N)/C=C(/C)O)nc2ccsc12. The van der Waals surface area contributed by atoms with Gasteiger partial charge < -0.3 is 15.6 Å². The molecule has 90 valence electrons. The number of nitrogens with two attached hydrogens (primary N) is 1. The smallest absolute Gasteiger partial charge is 0.234 e. The van der Waals surface area contributed by atoms with Crippen LogP contribution in [0, 0.1) is 0 Å². The van der Waals surface area contributed by atoms with E-state index in [0.29, 0.717) is 11.7 Å². The van der Waals surface area contributed by atoms with Crippen molar-refractivity contribution in [1.29, 1.82) is 0 Å². The number of ether oxygens (including phenoxy) is 1. The Morgan fingerprint density at radius 3 is 3.00 bits per heavy atom. The molecule has 6 heteroatoms. The Labute approximate surface area is 103 Å². The molecule has 0 amide bonds. The topological polar surface area (TPSA) is 81.3 Å². The van der Waals surface area contributed by atoms with Gasteiger partial charge in [-0.3, -0.25) is 0 Å².